The number of rotatable bonds is 2. The number of hydrogen-bond acceptors (Lipinski definition) is 2. The molecule has 0 aliphatic carbocycles. The lowest BCUT2D eigenvalue weighted by atomic mass is 9.99. The molecule has 0 aliphatic heterocycles. The van der Waals surface area contributed by atoms with Crippen molar-refractivity contribution in [1.29, 1.82) is 0 Å². The lowest BCUT2D eigenvalue weighted by Crippen LogP contribution is -2.12. The Balaban J connectivity index is 1.82. The first kappa shape index (κ1) is 16.1. The molecule has 0 fully saturated rings. The van der Waals surface area contributed by atoms with Crippen molar-refractivity contribution in [2.75, 3.05) is 7.11 Å². The number of para-hydroxylation sites is 1. The minimum absolute atomic E-state index is 0.0171. The second-order valence-electron chi connectivity index (χ2n) is 7.35. The van der Waals surface area contributed by atoms with E-state index in [1.165, 1.54) is 0 Å². The van der Waals surface area contributed by atoms with Crippen LogP contribution in [0, 0.1) is 0 Å². The summed E-state index contributed by atoms with van der Waals surface area (Å²) in [4.78, 5) is 13.5. The Morgan fingerprint density at radius 2 is 1.45 bits per heavy atom. The van der Waals surface area contributed by atoms with E-state index in [1.54, 1.807) is 7.11 Å². The molecule has 0 N–H and O–H groups in total. The molecule has 0 bridgehead atoms. The molecule has 138 valence electrons. The van der Waals surface area contributed by atoms with Crippen LogP contribution in [0.5, 0.6) is 5.75 Å². The zero-order valence-electron chi connectivity index (χ0n) is 15.8. The molecule has 0 spiro atoms. The smallest absolute Gasteiger partial charge is 0.263 e. The minimum atomic E-state index is 0.0171. The van der Waals surface area contributed by atoms with Crippen LogP contribution in [0.1, 0.15) is 0 Å². The summed E-state index contributed by atoms with van der Waals surface area (Å²) in [6.07, 6.45) is 0. The second kappa shape index (κ2) is 5.82. The van der Waals surface area contributed by atoms with E-state index >= 15 is 0 Å². The predicted octanol–water partition coefficient (Wildman–Crippen LogP) is 5.87. The summed E-state index contributed by atoms with van der Waals surface area (Å²) >= 11 is 0. The molecule has 6 aromatic rings. The Labute approximate surface area is 166 Å². The van der Waals surface area contributed by atoms with Crippen LogP contribution in [0.15, 0.2) is 89.7 Å². The molecule has 0 radical (unpaired) electrons. The third-order valence-electron chi connectivity index (χ3n) is 5.84. The minimum Gasteiger partial charge on any atom is -0.497 e. The topological polar surface area (TPSA) is 30.7 Å². The van der Waals surface area contributed by atoms with Gasteiger partial charge in [0.25, 0.3) is 5.56 Å². The third-order valence-corrected chi connectivity index (χ3v) is 5.84. The maximum atomic E-state index is 13.5. The fourth-order valence-electron chi connectivity index (χ4n) is 4.49. The van der Waals surface area contributed by atoms with Crippen molar-refractivity contribution in [3.8, 4) is 16.9 Å². The monoisotopic (exact) mass is 375 g/mol. The van der Waals surface area contributed by atoms with Gasteiger partial charge < -0.3 is 4.74 Å². The van der Waals surface area contributed by atoms with Crippen LogP contribution in [0.4, 0.5) is 0 Å². The van der Waals surface area contributed by atoms with Crippen LogP contribution in [-0.2, 0) is 0 Å². The molecule has 2 heterocycles. The SMILES string of the molecule is COc1ccc2c(c1)c1cccc3c4cc(-c5ccccc5)ccc4c(=O)n2c31. The molecular formula is C26H17NO2. The maximum absolute atomic E-state index is 13.5. The Morgan fingerprint density at radius 1 is 0.655 bits per heavy atom. The van der Waals surface area contributed by atoms with Gasteiger partial charge in [0.05, 0.1) is 18.1 Å². The van der Waals surface area contributed by atoms with E-state index in [0.717, 1.165) is 54.8 Å². The third kappa shape index (κ3) is 2.15. The van der Waals surface area contributed by atoms with Crippen molar-refractivity contribution in [2.24, 2.45) is 0 Å². The summed E-state index contributed by atoms with van der Waals surface area (Å²) in [5.74, 6) is 0.789. The van der Waals surface area contributed by atoms with E-state index in [-0.39, 0.29) is 5.56 Å². The van der Waals surface area contributed by atoms with Gasteiger partial charge in [-0.3, -0.25) is 9.20 Å². The van der Waals surface area contributed by atoms with Gasteiger partial charge in [0.15, 0.2) is 0 Å². The van der Waals surface area contributed by atoms with Gasteiger partial charge in [-0.25, -0.2) is 0 Å². The number of ether oxygens (including phenoxy) is 1. The Bertz CT molecular complexity index is 1600. The highest BCUT2D eigenvalue weighted by Gasteiger charge is 2.17. The molecule has 0 saturated carbocycles. The maximum Gasteiger partial charge on any atom is 0.263 e. The Hall–Kier alpha value is -3.85. The number of aromatic nitrogens is 1. The Morgan fingerprint density at radius 3 is 2.24 bits per heavy atom. The molecule has 6 rings (SSSR count). The molecule has 0 amide bonds. The van der Waals surface area contributed by atoms with Crippen LogP contribution in [0.25, 0.3) is 49.1 Å². The quantitative estimate of drug-likeness (QED) is 0.354. The van der Waals surface area contributed by atoms with Crippen molar-refractivity contribution in [3.05, 3.63) is 95.3 Å². The zero-order chi connectivity index (χ0) is 19.5. The summed E-state index contributed by atoms with van der Waals surface area (Å²) in [5, 5.41) is 4.92. The molecule has 29 heavy (non-hydrogen) atoms. The number of benzene rings is 4. The summed E-state index contributed by atoms with van der Waals surface area (Å²) < 4.78 is 7.27. The Kier molecular flexibility index (Phi) is 3.24. The van der Waals surface area contributed by atoms with Crippen molar-refractivity contribution < 1.29 is 4.74 Å². The van der Waals surface area contributed by atoms with E-state index in [4.69, 9.17) is 4.74 Å². The van der Waals surface area contributed by atoms with Crippen LogP contribution < -0.4 is 10.3 Å². The first-order valence-corrected chi connectivity index (χ1v) is 9.62. The van der Waals surface area contributed by atoms with Gasteiger partial charge >= 0.3 is 0 Å². The van der Waals surface area contributed by atoms with Crippen molar-refractivity contribution in [1.82, 2.24) is 4.40 Å². The van der Waals surface area contributed by atoms with Crippen LogP contribution >= 0.6 is 0 Å². The van der Waals surface area contributed by atoms with Gasteiger partial charge in [-0.2, -0.15) is 0 Å². The van der Waals surface area contributed by atoms with E-state index in [2.05, 4.69) is 36.4 Å². The standard InChI is InChI=1S/C26H17NO2/c1-29-18-11-13-24-23(15-18)20-9-5-8-19-22-14-17(16-6-3-2-4-7-16)10-12-21(22)26(28)27(24)25(19)20/h2-15H,1H3. The molecule has 2 aromatic heterocycles. The largest absolute Gasteiger partial charge is 0.497 e. The molecule has 4 aromatic carbocycles. The van der Waals surface area contributed by atoms with Gasteiger partial charge in [-0.1, -0.05) is 54.6 Å². The number of methoxy groups -OCH3 is 1. The molecule has 0 saturated heterocycles. The van der Waals surface area contributed by atoms with Crippen LogP contribution in [-0.4, -0.2) is 11.5 Å². The summed E-state index contributed by atoms with van der Waals surface area (Å²) in [7, 11) is 1.66. The molecule has 3 nitrogen and oxygen atoms in total. The van der Waals surface area contributed by atoms with Gasteiger partial charge in [0.2, 0.25) is 0 Å². The fourth-order valence-corrected chi connectivity index (χ4v) is 4.49. The average Bonchev–Trinajstić information content (AvgIpc) is 3.12. The fraction of sp³-hybridized carbons (Fsp3) is 0.0385. The highest BCUT2D eigenvalue weighted by Crippen LogP contribution is 2.36. The number of hydrogen-bond donors (Lipinski definition) is 0. The van der Waals surface area contributed by atoms with Gasteiger partial charge in [0.1, 0.15) is 5.75 Å². The number of nitrogens with zero attached hydrogens (tertiary/aromatic N) is 1. The first-order valence-electron chi connectivity index (χ1n) is 9.62. The molecule has 0 unspecified atom stereocenters. The average molecular weight is 375 g/mol. The predicted molar refractivity (Wildman–Crippen MR) is 119 cm³/mol. The van der Waals surface area contributed by atoms with Gasteiger partial charge in [0, 0.05) is 21.5 Å². The van der Waals surface area contributed by atoms with Crippen LogP contribution in [0.3, 0.4) is 0 Å². The highest BCUT2D eigenvalue weighted by molar-refractivity contribution is 6.20. The van der Waals surface area contributed by atoms with E-state index < -0.39 is 0 Å². The number of pyridine rings is 1. The number of fused-ring (bicyclic) bond motifs is 5. The molecule has 0 aliphatic rings. The summed E-state index contributed by atoms with van der Waals surface area (Å²) in [5.41, 5.74) is 4.16. The summed E-state index contributed by atoms with van der Waals surface area (Å²) in [6.45, 7) is 0. The van der Waals surface area contributed by atoms with Crippen molar-refractivity contribution in [2.45, 2.75) is 0 Å². The molecule has 3 heteroatoms. The first-order chi connectivity index (χ1) is 14.3. The molecule has 0 atom stereocenters. The van der Waals surface area contributed by atoms with E-state index in [1.807, 2.05) is 52.9 Å². The van der Waals surface area contributed by atoms with E-state index in [9.17, 15) is 4.79 Å². The second-order valence-corrected chi connectivity index (χ2v) is 7.35. The van der Waals surface area contributed by atoms with Crippen molar-refractivity contribution >= 4 is 38.0 Å². The zero-order valence-corrected chi connectivity index (χ0v) is 15.8. The molecular weight excluding hydrogens is 358 g/mol. The van der Waals surface area contributed by atoms with Crippen molar-refractivity contribution in [3.63, 3.8) is 0 Å². The normalized spacial score (nSPS) is 11.8. The highest BCUT2D eigenvalue weighted by atomic mass is 16.5. The lowest BCUT2D eigenvalue weighted by Gasteiger charge is -2.09. The van der Waals surface area contributed by atoms with Gasteiger partial charge in [-0.15, -0.1) is 0 Å². The van der Waals surface area contributed by atoms with E-state index in [0.29, 0.717) is 0 Å². The van der Waals surface area contributed by atoms with Gasteiger partial charge in [-0.05, 0) is 46.8 Å². The summed E-state index contributed by atoms with van der Waals surface area (Å²) in [6, 6.07) is 28.5. The van der Waals surface area contributed by atoms with Crippen LogP contribution in [0.2, 0.25) is 0 Å². The lowest BCUT2D eigenvalue weighted by molar-refractivity contribution is 0.415.